The van der Waals surface area contributed by atoms with Crippen LogP contribution < -0.4 is 10.2 Å². The van der Waals surface area contributed by atoms with Gasteiger partial charge in [0, 0.05) is 12.3 Å². The third-order valence-electron chi connectivity index (χ3n) is 4.91. The number of hydrogen-bond acceptors (Lipinski definition) is 2. The molecule has 2 N–H and O–H groups in total. The lowest BCUT2D eigenvalue weighted by Gasteiger charge is -2.30. The van der Waals surface area contributed by atoms with E-state index in [0.717, 1.165) is 30.4 Å². The molecule has 3 rings (SSSR count). The van der Waals surface area contributed by atoms with Crippen molar-refractivity contribution in [2.45, 2.75) is 26.7 Å². The Morgan fingerprint density at radius 3 is 2.67 bits per heavy atom. The van der Waals surface area contributed by atoms with E-state index in [1.165, 1.54) is 33.6 Å². The average molecular weight is 282 g/mol. The molecule has 0 aliphatic carbocycles. The van der Waals surface area contributed by atoms with E-state index in [0.29, 0.717) is 0 Å². The first-order valence-corrected chi connectivity index (χ1v) is 7.71. The highest BCUT2D eigenvalue weighted by Crippen LogP contribution is 2.53. The molecule has 1 aliphatic heterocycles. The second kappa shape index (κ2) is 5.24. The molecule has 1 aromatic carbocycles. The van der Waals surface area contributed by atoms with E-state index in [2.05, 4.69) is 44.1 Å². The van der Waals surface area contributed by atoms with Crippen molar-refractivity contribution in [3.05, 3.63) is 41.7 Å². The third kappa shape index (κ3) is 2.08. The van der Waals surface area contributed by atoms with Gasteiger partial charge in [0.05, 0.1) is 30.9 Å². The Bertz CT molecular complexity index is 678. The maximum Gasteiger partial charge on any atom is 0.164 e. The van der Waals surface area contributed by atoms with Gasteiger partial charge in [-0.3, -0.25) is 9.47 Å². The molecule has 0 fully saturated rings. The van der Waals surface area contributed by atoms with Gasteiger partial charge in [-0.05, 0) is 50.4 Å². The average Bonchev–Trinajstić information content (AvgIpc) is 2.74. The molecule has 0 amide bonds. The molecule has 110 valence electrons. The van der Waals surface area contributed by atoms with Crippen LogP contribution in [0, 0.1) is 13.8 Å². The van der Waals surface area contributed by atoms with Crippen molar-refractivity contribution in [1.82, 2.24) is 9.47 Å². The molecule has 21 heavy (non-hydrogen) atoms. The molecular formula is C18H24N3+. The zero-order chi connectivity index (χ0) is 15.0. The minimum atomic E-state index is 0.764. The van der Waals surface area contributed by atoms with Crippen LogP contribution in [0.3, 0.4) is 0 Å². The Balaban J connectivity index is 2.18. The first-order valence-electron chi connectivity index (χ1n) is 7.71. The van der Waals surface area contributed by atoms with Gasteiger partial charge in [-0.15, -0.1) is 0 Å². The molecular weight excluding hydrogens is 258 g/mol. The standard InChI is InChI=1S/C18H24N3/c1-13-6-7-16-18(14(13)2)15-8-10-20-12-17(15)21(16,3)11-5-4-9-19/h6-8,10,12H,4-5,9,11,19H2,1-3H3/q+1. The molecule has 0 saturated carbocycles. The summed E-state index contributed by atoms with van der Waals surface area (Å²) in [5.74, 6) is 0. The molecule has 1 atom stereocenters. The number of fused-ring (bicyclic) bond motifs is 3. The fraction of sp³-hybridized carbons (Fsp3) is 0.389. The van der Waals surface area contributed by atoms with Gasteiger partial charge in [-0.2, -0.15) is 0 Å². The number of rotatable bonds is 4. The molecule has 0 radical (unpaired) electrons. The summed E-state index contributed by atoms with van der Waals surface area (Å²) < 4.78 is 0.847. The van der Waals surface area contributed by atoms with E-state index in [1.54, 1.807) is 0 Å². The van der Waals surface area contributed by atoms with Crippen molar-refractivity contribution < 1.29 is 0 Å². The lowest BCUT2D eigenvalue weighted by Crippen LogP contribution is -2.39. The van der Waals surface area contributed by atoms with Gasteiger partial charge in [0.25, 0.3) is 0 Å². The molecule has 2 heterocycles. The summed E-state index contributed by atoms with van der Waals surface area (Å²) >= 11 is 0. The Kier molecular flexibility index (Phi) is 3.56. The first-order chi connectivity index (χ1) is 10.1. The van der Waals surface area contributed by atoms with Crippen LogP contribution in [0.2, 0.25) is 0 Å². The van der Waals surface area contributed by atoms with Gasteiger partial charge in [-0.25, -0.2) is 0 Å². The molecule has 1 aliphatic rings. The lowest BCUT2D eigenvalue weighted by molar-refractivity contribution is 0.446. The smallest absolute Gasteiger partial charge is 0.164 e. The van der Waals surface area contributed by atoms with Gasteiger partial charge in [0.1, 0.15) is 5.69 Å². The lowest BCUT2D eigenvalue weighted by atomic mass is 9.98. The van der Waals surface area contributed by atoms with Crippen LogP contribution in [-0.2, 0) is 0 Å². The van der Waals surface area contributed by atoms with Crippen LogP contribution in [0.5, 0.6) is 0 Å². The Morgan fingerprint density at radius 1 is 1.10 bits per heavy atom. The number of unbranched alkanes of at least 4 members (excludes halogenated alkanes) is 1. The summed E-state index contributed by atoms with van der Waals surface area (Å²) in [5.41, 5.74) is 13.9. The highest BCUT2D eigenvalue weighted by atomic mass is 15.4. The number of aryl methyl sites for hydroxylation is 1. The first kappa shape index (κ1) is 14.2. The number of quaternary nitrogens is 1. The zero-order valence-electron chi connectivity index (χ0n) is 13.2. The molecule has 0 saturated heterocycles. The van der Waals surface area contributed by atoms with Crippen molar-refractivity contribution in [2.75, 3.05) is 20.1 Å². The van der Waals surface area contributed by atoms with E-state index >= 15 is 0 Å². The van der Waals surface area contributed by atoms with Crippen molar-refractivity contribution in [1.29, 1.82) is 0 Å². The summed E-state index contributed by atoms with van der Waals surface area (Å²) in [6.07, 6.45) is 6.14. The maximum absolute atomic E-state index is 5.67. The summed E-state index contributed by atoms with van der Waals surface area (Å²) in [5, 5.41) is 0. The monoisotopic (exact) mass is 282 g/mol. The van der Waals surface area contributed by atoms with Gasteiger partial charge < -0.3 is 5.73 Å². The molecule has 0 bridgehead atoms. The highest BCUT2D eigenvalue weighted by Gasteiger charge is 2.41. The van der Waals surface area contributed by atoms with E-state index in [9.17, 15) is 0 Å². The normalized spacial score (nSPS) is 19.4. The predicted molar refractivity (Wildman–Crippen MR) is 89.7 cm³/mol. The fourth-order valence-electron chi connectivity index (χ4n) is 3.49. The number of hydrogen-bond donors (Lipinski definition) is 1. The number of pyridine rings is 1. The molecule has 3 heteroatoms. The van der Waals surface area contributed by atoms with Gasteiger partial charge in [0.2, 0.25) is 0 Å². The Labute approximate surface area is 127 Å². The van der Waals surface area contributed by atoms with Crippen LogP contribution in [0.25, 0.3) is 11.1 Å². The molecule has 3 nitrogen and oxygen atoms in total. The Hall–Kier alpha value is -1.71. The SMILES string of the molecule is Cc1ccc2c(c1C)-c1ccncc1[N+]2(C)CCCCN. The van der Waals surface area contributed by atoms with Crippen molar-refractivity contribution in [2.24, 2.45) is 5.73 Å². The molecule has 0 spiro atoms. The number of nitrogens with zero attached hydrogens (tertiary/aromatic N) is 2. The zero-order valence-corrected chi connectivity index (χ0v) is 13.2. The van der Waals surface area contributed by atoms with Gasteiger partial charge in [0.15, 0.2) is 5.69 Å². The fourth-order valence-corrected chi connectivity index (χ4v) is 3.49. The summed E-state index contributed by atoms with van der Waals surface area (Å²) in [4.78, 5) is 4.37. The minimum absolute atomic E-state index is 0.764. The van der Waals surface area contributed by atoms with E-state index in [4.69, 9.17) is 5.73 Å². The van der Waals surface area contributed by atoms with Crippen LogP contribution in [0.4, 0.5) is 11.4 Å². The molecule has 1 unspecified atom stereocenters. The van der Waals surface area contributed by atoms with Crippen LogP contribution in [0.1, 0.15) is 24.0 Å². The quantitative estimate of drug-likeness (QED) is 0.686. The predicted octanol–water partition coefficient (Wildman–Crippen LogP) is 3.69. The van der Waals surface area contributed by atoms with Gasteiger partial charge in [-0.1, -0.05) is 6.07 Å². The molecule has 2 aromatic rings. The van der Waals surface area contributed by atoms with Crippen molar-refractivity contribution in [3.63, 3.8) is 0 Å². The maximum atomic E-state index is 5.67. The van der Waals surface area contributed by atoms with E-state index < -0.39 is 0 Å². The second-order valence-electron chi connectivity index (χ2n) is 6.21. The summed E-state index contributed by atoms with van der Waals surface area (Å²) in [6.45, 7) is 6.26. The number of nitrogens with two attached hydrogens (primary N) is 1. The number of aromatic nitrogens is 1. The van der Waals surface area contributed by atoms with E-state index in [-0.39, 0.29) is 0 Å². The van der Waals surface area contributed by atoms with Crippen LogP contribution in [-0.4, -0.2) is 25.1 Å². The summed E-state index contributed by atoms with van der Waals surface area (Å²) in [6, 6.07) is 6.69. The highest BCUT2D eigenvalue weighted by molar-refractivity contribution is 5.96. The second-order valence-corrected chi connectivity index (χ2v) is 6.21. The van der Waals surface area contributed by atoms with Crippen molar-refractivity contribution >= 4 is 11.4 Å². The Morgan fingerprint density at radius 2 is 1.90 bits per heavy atom. The van der Waals surface area contributed by atoms with Crippen LogP contribution >= 0.6 is 0 Å². The largest absolute Gasteiger partial charge is 0.330 e. The van der Waals surface area contributed by atoms with E-state index in [1.807, 2.05) is 12.4 Å². The van der Waals surface area contributed by atoms with Gasteiger partial charge >= 0.3 is 0 Å². The van der Waals surface area contributed by atoms with Crippen molar-refractivity contribution in [3.8, 4) is 11.1 Å². The van der Waals surface area contributed by atoms with Crippen LogP contribution in [0.15, 0.2) is 30.6 Å². The molecule has 1 aromatic heterocycles. The number of benzene rings is 1. The minimum Gasteiger partial charge on any atom is -0.330 e. The summed E-state index contributed by atoms with van der Waals surface area (Å²) in [7, 11) is 2.30. The third-order valence-corrected chi connectivity index (χ3v) is 4.91. The topological polar surface area (TPSA) is 38.9 Å².